The van der Waals surface area contributed by atoms with Crippen molar-refractivity contribution in [3.63, 3.8) is 0 Å². The third-order valence-corrected chi connectivity index (χ3v) is 7.67. The number of morpholine rings is 1. The Kier molecular flexibility index (Phi) is 9.81. The Balaban J connectivity index is 1.49. The van der Waals surface area contributed by atoms with E-state index in [4.69, 9.17) is 33.4 Å². The van der Waals surface area contributed by atoms with E-state index in [0.717, 1.165) is 45.7 Å². The zero-order chi connectivity index (χ0) is 29.5. The standard InChI is InChI=1S/C27H38N8O7/c1-4-17(5-2)30-24-20-25(32-27(31-24)28-7-8-34-9-11-38-12-10-34)35(14-29-20)26-23(40-16-37)22(39-15-36)21(41-26)19-13-18(6-3)33-42-19/h13-17,21-23,26H,4-12H2,1-3H3,(H2,28,30,31,32)/t21-,22+,23-,26-/m1/s1. The van der Waals surface area contributed by atoms with Crippen LogP contribution in [0.4, 0.5) is 11.8 Å². The summed E-state index contributed by atoms with van der Waals surface area (Å²) in [5.41, 5.74) is 1.69. The lowest BCUT2D eigenvalue weighted by Gasteiger charge is -2.26. The first-order valence-electron chi connectivity index (χ1n) is 14.4. The fourth-order valence-electron chi connectivity index (χ4n) is 5.26. The summed E-state index contributed by atoms with van der Waals surface area (Å²) in [5.74, 6) is 1.34. The fourth-order valence-corrected chi connectivity index (χ4v) is 5.26. The highest BCUT2D eigenvalue weighted by Crippen LogP contribution is 2.43. The number of nitrogens with one attached hydrogen (secondary N) is 2. The van der Waals surface area contributed by atoms with Crippen molar-refractivity contribution in [2.24, 2.45) is 0 Å². The summed E-state index contributed by atoms with van der Waals surface area (Å²) in [7, 11) is 0. The molecule has 0 spiro atoms. The number of anilines is 2. The number of carbonyl (C=O) groups is 2. The van der Waals surface area contributed by atoms with E-state index in [1.54, 1.807) is 17.0 Å². The van der Waals surface area contributed by atoms with Gasteiger partial charge in [-0.1, -0.05) is 25.9 Å². The molecule has 4 atom stereocenters. The minimum absolute atomic E-state index is 0.178. The summed E-state index contributed by atoms with van der Waals surface area (Å²) in [6.45, 7) is 11.4. The van der Waals surface area contributed by atoms with E-state index in [2.05, 4.69) is 39.5 Å². The van der Waals surface area contributed by atoms with E-state index in [1.165, 1.54) is 0 Å². The van der Waals surface area contributed by atoms with Crippen molar-refractivity contribution in [2.45, 2.75) is 70.6 Å². The normalized spacial score (nSPS) is 22.9. The summed E-state index contributed by atoms with van der Waals surface area (Å²) in [4.78, 5) is 39.6. The van der Waals surface area contributed by atoms with Crippen LogP contribution >= 0.6 is 0 Å². The predicted octanol–water partition coefficient (Wildman–Crippen LogP) is 2.07. The number of aryl methyl sites for hydroxylation is 1. The number of ether oxygens (including phenoxy) is 4. The largest absolute Gasteiger partial charge is 0.457 e. The minimum Gasteiger partial charge on any atom is -0.457 e. The van der Waals surface area contributed by atoms with Crippen molar-refractivity contribution < 1.29 is 33.1 Å². The van der Waals surface area contributed by atoms with Gasteiger partial charge in [-0.05, 0) is 19.3 Å². The van der Waals surface area contributed by atoms with E-state index < -0.39 is 24.5 Å². The van der Waals surface area contributed by atoms with Crippen LogP contribution in [-0.4, -0.2) is 100 Å². The van der Waals surface area contributed by atoms with Gasteiger partial charge in [0.05, 0.1) is 25.2 Å². The van der Waals surface area contributed by atoms with Gasteiger partial charge in [0.1, 0.15) is 0 Å². The zero-order valence-electron chi connectivity index (χ0n) is 24.1. The average molecular weight is 587 g/mol. The number of hydrogen-bond acceptors (Lipinski definition) is 14. The van der Waals surface area contributed by atoms with Gasteiger partial charge >= 0.3 is 0 Å². The molecule has 15 heteroatoms. The van der Waals surface area contributed by atoms with Crippen molar-refractivity contribution in [1.82, 2.24) is 29.6 Å². The monoisotopic (exact) mass is 586 g/mol. The first kappa shape index (κ1) is 29.7. The Bertz CT molecular complexity index is 1320. The Hall–Kier alpha value is -3.82. The highest BCUT2D eigenvalue weighted by Gasteiger charge is 2.51. The maximum Gasteiger partial charge on any atom is 0.293 e. The quantitative estimate of drug-likeness (QED) is 0.248. The van der Waals surface area contributed by atoms with Gasteiger partial charge in [0.15, 0.2) is 47.3 Å². The van der Waals surface area contributed by atoms with Gasteiger partial charge in [-0.3, -0.25) is 19.1 Å². The van der Waals surface area contributed by atoms with Gasteiger partial charge in [0.2, 0.25) is 5.95 Å². The maximum absolute atomic E-state index is 11.6. The minimum atomic E-state index is -1.02. The van der Waals surface area contributed by atoms with Gasteiger partial charge in [0.25, 0.3) is 12.9 Å². The molecular weight excluding hydrogens is 548 g/mol. The van der Waals surface area contributed by atoms with Crippen molar-refractivity contribution in [3.05, 3.63) is 23.8 Å². The lowest BCUT2D eigenvalue weighted by molar-refractivity contribution is -0.151. The molecule has 0 aromatic carbocycles. The summed E-state index contributed by atoms with van der Waals surface area (Å²) in [6.07, 6.45) is 0.145. The number of hydrogen-bond donors (Lipinski definition) is 2. The highest BCUT2D eigenvalue weighted by molar-refractivity contribution is 5.84. The molecule has 0 saturated carbocycles. The SMILES string of the molecule is CCc1cc([C@H]2O[C@@H](n3cnc4c(NC(CC)CC)nc(NCCN5CCOCC5)nc43)[C@H](OC=O)[C@H]2OC=O)on1. The van der Waals surface area contributed by atoms with E-state index >= 15 is 0 Å². The van der Waals surface area contributed by atoms with Crippen LogP contribution in [0.3, 0.4) is 0 Å². The number of imidazole rings is 1. The Morgan fingerprint density at radius 1 is 1.10 bits per heavy atom. The molecule has 15 nitrogen and oxygen atoms in total. The van der Waals surface area contributed by atoms with Crippen LogP contribution in [0.2, 0.25) is 0 Å². The molecule has 42 heavy (non-hydrogen) atoms. The van der Waals surface area contributed by atoms with E-state index in [0.29, 0.717) is 60.3 Å². The van der Waals surface area contributed by atoms with Crippen LogP contribution in [-0.2, 0) is 35.0 Å². The lowest BCUT2D eigenvalue weighted by Crippen LogP contribution is -2.39. The number of nitrogens with zero attached hydrogens (tertiary/aromatic N) is 6. The van der Waals surface area contributed by atoms with Gasteiger partial charge < -0.3 is 34.1 Å². The third-order valence-electron chi connectivity index (χ3n) is 7.67. The Morgan fingerprint density at radius 2 is 1.86 bits per heavy atom. The van der Waals surface area contributed by atoms with Crippen LogP contribution in [0.15, 0.2) is 16.9 Å². The first-order chi connectivity index (χ1) is 20.6. The molecule has 2 fully saturated rings. The fraction of sp³-hybridized carbons (Fsp3) is 0.630. The molecule has 0 radical (unpaired) electrons. The molecule has 5 heterocycles. The highest BCUT2D eigenvalue weighted by atomic mass is 16.6. The molecule has 2 saturated heterocycles. The topological polar surface area (TPSA) is 168 Å². The first-order valence-corrected chi connectivity index (χ1v) is 14.4. The van der Waals surface area contributed by atoms with Gasteiger partial charge in [0, 0.05) is 38.3 Å². The number of rotatable bonds is 15. The van der Waals surface area contributed by atoms with Gasteiger partial charge in [-0.2, -0.15) is 9.97 Å². The number of aromatic nitrogens is 5. The van der Waals surface area contributed by atoms with Crippen LogP contribution in [0, 0.1) is 0 Å². The second kappa shape index (κ2) is 13.9. The van der Waals surface area contributed by atoms with Crippen molar-refractivity contribution >= 4 is 35.9 Å². The zero-order valence-corrected chi connectivity index (χ0v) is 24.1. The Morgan fingerprint density at radius 3 is 2.55 bits per heavy atom. The van der Waals surface area contributed by atoms with E-state index in [-0.39, 0.29) is 6.04 Å². The van der Waals surface area contributed by atoms with Crippen LogP contribution in [0.1, 0.15) is 57.4 Å². The average Bonchev–Trinajstić information content (AvgIpc) is 3.74. The van der Waals surface area contributed by atoms with Crippen molar-refractivity contribution in [3.8, 4) is 0 Å². The molecule has 0 aliphatic carbocycles. The summed E-state index contributed by atoms with van der Waals surface area (Å²) >= 11 is 0. The second-order valence-corrected chi connectivity index (χ2v) is 10.2. The second-order valence-electron chi connectivity index (χ2n) is 10.2. The van der Waals surface area contributed by atoms with E-state index in [1.807, 2.05) is 6.92 Å². The molecule has 5 rings (SSSR count). The predicted molar refractivity (Wildman–Crippen MR) is 150 cm³/mol. The van der Waals surface area contributed by atoms with Crippen molar-refractivity contribution in [1.29, 1.82) is 0 Å². The summed E-state index contributed by atoms with van der Waals surface area (Å²) in [5, 5.41) is 10.9. The molecule has 3 aromatic rings. The molecular formula is C27H38N8O7. The Labute approximate surface area is 243 Å². The smallest absolute Gasteiger partial charge is 0.293 e. The van der Waals surface area contributed by atoms with Crippen molar-refractivity contribution in [2.75, 3.05) is 50.0 Å². The summed E-state index contributed by atoms with van der Waals surface area (Å²) in [6, 6.07) is 1.91. The molecule has 0 bridgehead atoms. The maximum atomic E-state index is 11.6. The lowest BCUT2D eigenvalue weighted by atomic mass is 10.1. The summed E-state index contributed by atoms with van der Waals surface area (Å²) < 4.78 is 29.8. The van der Waals surface area contributed by atoms with Crippen LogP contribution < -0.4 is 10.6 Å². The number of fused-ring (bicyclic) bond motifs is 1. The van der Waals surface area contributed by atoms with Gasteiger partial charge in [-0.15, -0.1) is 0 Å². The molecule has 0 unspecified atom stereocenters. The molecule has 2 aliphatic rings. The van der Waals surface area contributed by atoms with Crippen LogP contribution in [0.25, 0.3) is 11.2 Å². The molecule has 2 N–H and O–H groups in total. The van der Waals surface area contributed by atoms with Gasteiger partial charge in [-0.25, -0.2) is 4.98 Å². The van der Waals surface area contributed by atoms with E-state index in [9.17, 15) is 9.59 Å². The molecule has 2 aliphatic heterocycles. The molecule has 3 aromatic heterocycles. The molecule has 0 amide bonds. The number of carbonyl (C=O) groups excluding carboxylic acids is 2. The van der Waals surface area contributed by atoms with Crippen LogP contribution in [0.5, 0.6) is 0 Å². The molecule has 228 valence electrons. The third kappa shape index (κ3) is 6.32.